The third-order valence-corrected chi connectivity index (χ3v) is 5.58. The standard InChI is InChI=1S/C21H29N7O2/c29-20(27-15-9-23-10-16-27)24-19-6-12-28(21(30)25-19)18-3-1-17(2-4-18)5-11-26-13-7-22-8-14-26/h1-4,6,12,22-23H,5,7-11,13-16H2,(H,24,25,29,30). The molecule has 3 N–H and O–H groups in total. The Kier molecular flexibility index (Phi) is 6.73. The molecule has 0 aliphatic carbocycles. The molecule has 9 heteroatoms. The van der Waals surface area contributed by atoms with Crippen LogP contribution in [0.15, 0.2) is 41.3 Å². The summed E-state index contributed by atoms with van der Waals surface area (Å²) in [6, 6.07) is 9.42. The number of carbonyl (C=O) groups excluding carboxylic acids is 1. The van der Waals surface area contributed by atoms with Gasteiger partial charge in [-0.3, -0.25) is 9.88 Å². The highest BCUT2D eigenvalue weighted by atomic mass is 16.2. The molecule has 4 rings (SSSR count). The monoisotopic (exact) mass is 411 g/mol. The lowest BCUT2D eigenvalue weighted by atomic mass is 10.1. The van der Waals surface area contributed by atoms with Gasteiger partial charge in [0.2, 0.25) is 0 Å². The lowest BCUT2D eigenvalue weighted by molar-refractivity contribution is 0.204. The van der Waals surface area contributed by atoms with Crippen molar-refractivity contribution in [1.82, 2.24) is 30.0 Å². The van der Waals surface area contributed by atoms with Crippen molar-refractivity contribution in [3.63, 3.8) is 0 Å². The van der Waals surface area contributed by atoms with Gasteiger partial charge in [-0.2, -0.15) is 4.98 Å². The summed E-state index contributed by atoms with van der Waals surface area (Å²) in [6.45, 7) is 8.17. The molecule has 2 amide bonds. The van der Waals surface area contributed by atoms with E-state index in [4.69, 9.17) is 0 Å². The molecule has 0 radical (unpaired) electrons. The van der Waals surface area contributed by atoms with Gasteiger partial charge in [0.25, 0.3) is 0 Å². The van der Waals surface area contributed by atoms with Crippen molar-refractivity contribution in [2.75, 3.05) is 64.2 Å². The Labute approximate surface area is 176 Å². The molecule has 2 aliphatic heterocycles. The molecule has 2 aliphatic rings. The van der Waals surface area contributed by atoms with Crippen molar-refractivity contribution in [2.45, 2.75) is 6.42 Å². The zero-order chi connectivity index (χ0) is 20.8. The van der Waals surface area contributed by atoms with Gasteiger partial charge in [-0.25, -0.2) is 9.59 Å². The zero-order valence-corrected chi connectivity index (χ0v) is 17.1. The molecule has 0 spiro atoms. The fourth-order valence-electron chi connectivity index (χ4n) is 3.77. The van der Waals surface area contributed by atoms with Crippen molar-refractivity contribution < 1.29 is 4.79 Å². The van der Waals surface area contributed by atoms with Crippen LogP contribution >= 0.6 is 0 Å². The minimum atomic E-state index is -0.415. The average molecular weight is 412 g/mol. The van der Waals surface area contributed by atoms with Gasteiger partial charge in [0.15, 0.2) is 0 Å². The van der Waals surface area contributed by atoms with Gasteiger partial charge >= 0.3 is 11.7 Å². The molecule has 9 nitrogen and oxygen atoms in total. The van der Waals surface area contributed by atoms with E-state index in [0.29, 0.717) is 13.1 Å². The third-order valence-electron chi connectivity index (χ3n) is 5.58. The Hall–Kier alpha value is -2.75. The molecular weight excluding hydrogens is 382 g/mol. The van der Waals surface area contributed by atoms with E-state index in [1.165, 1.54) is 10.1 Å². The van der Waals surface area contributed by atoms with E-state index in [2.05, 4.69) is 38.0 Å². The maximum Gasteiger partial charge on any atom is 0.354 e. The van der Waals surface area contributed by atoms with Gasteiger partial charge in [-0.1, -0.05) is 12.1 Å². The van der Waals surface area contributed by atoms with Crippen molar-refractivity contribution in [3.8, 4) is 5.69 Å². The maximum atomic E-state index is 12.5. The van der Waals surface area contributed by atoms with Crippen LogP contribution in [0.25, 0.3) is 5.69 Å². The highest BCUT2D eigenvalue weighted by Crippen LogP contribution is 2.10. The third kappa shape index (κ3) is 5.24. The van der Waals surface area contributed by atoms with Crippen molar-refractivity contribution in [1.29, 1.82) is 0 Å². The predicted octanol–water partition coefficient (Wildman–Crippen LogP) is 0.117. The van der Waals surface area contributed by atoms with Crippen molar-refractivity contribution in [2.24, 2.45) is 0 Å². The Balaban J connectivity index is 1.36. The molecule has 0 bridgehead atoms. The van der Waals surface area contributed by atoms with Gasteiger partial charge in [-0.05, 0) is 30.2 Å². The number of nitrogens with one attached hydrogen (secondary N) is 3. The number of urea groups is 1. The fraction of sp³-hybridized carbons (Fsp3) is 0.476. The number of hydrogen-bond acceptors (Lipinski definition) is 6. The summed E-state index contributed by atoms with van der Waals surface area (Å²) < 4.78 is 1.49. The van der Waals surface area contributed by atoms with Crippen LogP contribution in [0.2, 0.25) is 0 Å². The minimum Gasteiger partial charge on any atom is -0.322 e. The van der Waals surface area contributed by atoms with Crippen LogP contribution in [0.1, 0.15) is 5.56 Å². The van der Waals surface area contributed by atoms with E-state index in [-0.39, 0.29) is 11.8 Å². The normalized spacial score (nSPS) is 17.7. The number of aromatic nitrogens is 2. The largest absolute Gasteiger partial charge is 0.354 e. The van der Waals surface area contributed by atoms with Crippen LogP contribution in [0.3, 0.4) is 0 Å². The first-order valence-corrected chi connectivity index (χ1v) is 10.6. The number of rotatable bonds is 5. The highest BCUT2D eigenvalue weighted by Gasteiger charge is 2.17. The minimum absolute atomic E-state index is 0.227. The van der Waals surface area contributed by atoms with Crippen LogP contribution in [0.5, 0.6) is 0 Å². The number of nitrogens with zero attached hydrogens (tertiary/aromatic N) is 4. The summed E-state index contributed by atoms with van der Waals surface area (Å²) in [5, 5.41) is 9.28. The lowest BCUT2D eigenvalue weighted by Gasteiger charge is -2.27. The maximum absolute atomic E-state index is 12.5. The van der Waals surface area contributed by atoms with E-state index < -0.39 is 5.69 Å². The highest BCUT2D eigenvalue weighted by molar-refractivity contribution is 5.88. The average Bonchev–Trinajstić information content (AvgIpc) is 2.79. The Morgan fingerprint density at radius 3 is 2.30 bits per heavy atom. The van der Waals surface area contributed by atoms with Crippen LogP contribution in [-0.2, 0) is 6.42 Å². The molecule has 1 aromatic carbocycles. The van der Waals surface area contributed by atoms with Gasteiger partial charge in [-0.15, -0.1) is 0 Å². The summed E-state index contributed by atoms with van der Waals surface area (Å²) in [5.74, 6) is 0.271. The summed E-state index contributed by atoms with van der Waals surface area (Å²) in [5.41, 5.74) is 1.60. The Morgan fingerprint density at radius 2 is 1.63 bits per heavy atom. The van der Waals surface area contributed by atoms with E-state index in [0.717, 1.165) is 57.9 Å². The summed E-state index contributed by atoms with van der Waals surface area (Å²) in [6.07, 6.45) is 2.64. The molecule has 0 unspecified atom stereocenters. The van der Waals surface area contributed by atoms with Gasteiger partial charge < -0.3 is 20.4 Å². The number of hydrogen-bond donors (Lipinski definition) is 3. The van der Waals surface area contributed by atoms with Crippen molar-refractivity contribution >= 4 is 11.8 Å². The number of benzene rings is 1. The molecule has 0 saturated carbocycles. The summed E-state index contributed by atoms with van der Waals surface area (Å²) >= 11 is 0. The molecule has 3 heterocycles. The van der Waals surface area contributed by atoms with Crippen LogP contribution in [0, 0.1) is 0 Å². The number of anilines is 1. The smallest absolute Gasteiger partial charge is 0.322 e. The fourth-order valence-corrected chi connectivity index (χ4v) is 3.77. The van der Waals surface area contributed by atoms with Gasteiger partial charge in [0, 0.05) is 65.1 Å². The van der Waals surface area contributed by atoms with Gasteiger partial charge in [0.05, 0.1) is 5.69 Å². The number of amides is 2. The molecule has 30 heavy (non-hydrogen) atoms. The first-order chi connectivity index (χ1) is 14.7. The van der Waals surface area contributed by atoms with Crippen LogP contribution in [-0.4, -0.2) is 84.3 Å². The molecule has 2 fully saturated rings. The zero-order valence-electron chi connectivity index (χ0n) is 17.1. The second kappa shape index (κ2) is 9.84. The Bertz CT molecular complexity index is 900. The summed E-state index contributed by atoms with van der Waals surface area (Å²) in [4.78, 5) is 33.0. The topological polar surface area (TPSA) is 94.5 Å². The van der Waals surface area contributed by atoms with E-state index in [1.807, 2.05) is 12.1 Å². The molecule has 160 valence electrons. The quantitative estimate of drug-likeness (QED) is 0.647. The number of carbonyl (C=O) groups is 1. The molecule has 2 saturated heterocycles. The second-order valence-corrected chi connectivity index (χ2v) is 7.64. The molecule has 2 aromatic rings. The number of piperazine rings is 2. The molecular formula is C21H29N7O2. The summed E-state index contributed by atoms with van der Waals surface area (Å²) in [7, 11) is 0. The second-order valence-electron chi connectivity index (χ2n) is 7.64. The lowest BCUT2D eigenvalue weighted by Crippen LogP contribution is -2.48. The molecule has 1 aromatic heterocycles. The predicted molar refractivity (Wildman–Crippen MR) is 116 cm³/mol. The Morgan fingerprint density at radius 1 is 0.967 bits per heavy atom. The first-order valence-electron chi connectivity index (χ1n) is 10.6. The van der Waals surface area contributed by atoms with E-state index in [1.54, 1.807) is 17.2 Å². The first kappa shape index (κ1) is 20.5. The van der Waals surface area contributed by atoms with E-state index >= 15 is 0 Å². The van der Waals surface area contributed by atoms with Crippen LogP contribution in [0.4, 0.5) is 10.6 Å². The van der Waals surface area contributed by atoms with E-state index in [9.17, 15) is 9.59 Å². The molecule has 0 atom stereocenters. The van der Waals surface area contributed by atoms with Crippen molar-refractivity contribution in [3.05, 3.63) is 52.6 Å². The SMILES string of the molecule is O=C(Nc1ccn(-c2ccc(CCN3CCNCC3)cc2)c(=O)n1)N1CCNCC1. The van der Waals surface area contributed by atoms with Gasteiger partial charge in [0.1, 0.15) is 5.82 Å². The van der Waals surface area contributed by atoms with Crippen LogP contribution < -0.4 is 21.6 Å².